The predicted molar refractivity (Wildman–Crippen MR) is 100 cm³/mol. The maximum absolute atomic E-state index is 8.61. The third kappa shape index (κ3) is 2.97. The van der Waals surface area contributed by atoms with E-state index in [1.165, 1.54) is 11.1 Å². The van der Waals surface area contributed by atoms with E-state index in [0.29, 0.717) is 27.6 Å². The van der Waals surface area contributed by atoms with Crippen molar-refractivity contribution in [2.24, 2.45) is 5.92 Å². The van der Waals surface area contributed by atoms with Gasteiger partial charge < -0.3 is 10.1 Å². The van der Waals surface area contributed by atoms with Crippen molar-refractivity contribution in [1.29, 1.82) is 5.26 Å². The van der Waals surface area contributed by atoms with Gasteiger partial charge in [0, 0.05) is 10.9 Å². The monoisotopic (exact) mass is 370 g/mol. The number of halogens is 2. The van der Waals surface area contributed by atoms with E-state index in [1.807, 2.05) is 24.3 Å². The number of nitrogens with one attached hydrogen (secondary N) is 1. The Morgan fingerprint density at radius 1 is 1.20 bits per heavy atom. The second kappa shape index (κ2) is 6.63. The lowest BCUT2D eigenvalue weighted by Crippen LogP contribution is -2.29. The van der Waals surface area contributed by atoms with Crippen LogP contribution in [0.2, 0.25) is 10.0 Å². The summed E-state index contributed by atoms with van der Waals surface area (Å²) < 4.78 is 5.34. The van der Waals surface area contributed by atoms with Gasteiger partial charge in [-0.1, -0.05) is 47.5 Å². The van der Waals surface area contributed by atoms with Crippen molar-refractivity contribution in [3.8, 4) is 11.8 Å². The van der Waals surface area contributed by atoms with E-state index in [-0.39, 0.29) is 12.6 Å². The Morgan fingerprint density at radius 2 is 2.00 bits per heavy atom. The molecular weight excluding hydrogens is 355 g/mol. The zero-order valence-corrected chi connectivity index (χ0v) is 14.9. The van der Waals surface area contributed by atoms with Crippen LogP contribution in [0.15, 0.2) is 48.6 Å². The summed E-state index contributed by atoms with van der Waals surface area (Å²) in [5.41, 5.74) is 3.31. The summed E-state index contributed by atoms with van der Waals surface area (Å²) in [7, 11) is 0. The van der Waals surface area contributed by atoms with Gasteiger partial charge in [0.25, 0.3) is 0 Å². The van der Waals surface area contributed by atoms with Gasteiger partial charge in [-0.15, -0.1) is 0 Å². The fraction of sp³-hybridized carbons (Fsp3) is 0.250. The van der Waals surface area contributed by atoms with Crippen LogP contribution in [0.4, 0.5) is 5.69 Å². The summed E-state index contributed by atoms with van der Waals surface area (Å²) in [6, 6.07) is 13.8. The Labute approximate surface area is 156 Å². The van der Waals surface area contributed by atoms with Crippen molar-refractivity contribution in [3.63, 3.8) is 0 Å². The smallest absolute Gasteiger partial charge is 0.174 e. The molecule has 3 atom stereocenters. The molecule has 126 valence electrons. The molecule has 0 fully saturated rings. The second-order valence-corrected chi connectivity index (χ2v) is 7.19. The molecular formula is C20H16Cl2N2O. The lowest BCUT2D eigenvalue weighted by Gasteiger charge is -2.38. The van der Waals surface area contributed by atoms with E-state index in [4.69, 9.17) is 33.2 Å². The quantitative estimate of drug-likeness (QED) is 0.702. The molecule has 0 amide bonds. The topological polar surface area (TPSA) is 45.0 Å². The van der Waals surface area contributed by atoms with Crippen LogP contribution in [0.25, 0.3) is 0 Å². The van der Waals surface area contributed by atoms with Crippen LogP contribution in [0, 0.1) is 17.2 Å². The molecule has 2 aromatic carbocycles. The lowest BCUT2D eigenvalue weighted by molar-refractivity contribution is 0.367. The van der Waals surface area contributed by atoms with E-state index >= 15 is 0 Å². The van der Waals surface area contributed by atoms with Crippen molar-refractivity contribution in [2.45, 2.75) is 18.4 Å². The maximum Gasteiger partial charge on any atom is 0.174 e. The number of nitriles is 1. The average Bonchev–Trinajstić information content (AvgIpc) is 3.10. The van der Waals surface area contributed by atoms with Crippen LogP contribution in [-0.2, 0) is 0 Å². The number of benzene rings is 2. The Kier molecular flexibility index (Phi) is 4.33. The predicted octanol–water partition coefficient (Wildman–Crippen LogP) is 5.72. The van der Waals surface area contributed by atoms with Crippen LogP contribution >= 0.6 is 23.2 Å². The third-order valence-corrected chi connectivity index (χ3v) is 5.44. The van der Waals surface area contributed by atoms with Crippen molar-refractivity contribution in [2.75, 3.05) is 11.9 Å². The molecule has 1 aliphatic heterocycles. The number of allylic oxidation sites excluding steroid dienone is 2. The van der Waals surface area contributed by atoms with Gasteiger partial charge in [0.15, 0.2) is 6.61 Å². The molecule has 0 bridgehead atoms. The lowest BCUT2D eigenvalue weighted by atomic mass is 9.77. The number of fused-ring (bicyclic) bond motifs is 3. The van der Waals surface area contributed by atoms with E-state index in [1.54, 1.807) is 6.07 Å². The van der Waals surface area contributed by atoms with E-state index in [9.17, 15) is 0 Å². The average molecular weight is 371 g/mol. The first-order valence-electron chi connectivity index (χ1n) is 8.19. The highest BCUT2D eigenvalue weighted by Gasteiger charge is 2.38. The molecule has 0 unspecified atom stereocenters. The van der Waals surface area contributed by atoms with Crippen LogP contribution < -0.4 is 10.1 Å². The molecule has 1 N–H and O–H groups in total. The minimum Gasteiger partial charge on any atom is -0.479 e. The molecule has 2 aliphatic rings. The molecule has 0 spiro atoms. The Balaban J connectivity index is 1.68. The summed E-state index contributed by atoms with van der Waals surface area (Å²) in [5.74, 6) is 1.44. The fourth-order valence-corrected chi connectivity index (χ4v) is 4.40. The minimum absolute atomic E-state index is 0.0549. The normalized spacial score (nSPS) is 23.3. The first-order chi connectivity index (χ1) is 12.2. The van der Waals surface area contributed by atoms with Gasteiger partial charge in [0.2, 0.25) is 0 Å². The van der Waals surface area contributed by atoms with Crippen LogP contribution in [0.3, 0.4) is 0 Å². The summed E-state index contributed by atoms with van der Waals surface area (Å²) in [4.78, 5) is 0. The fourth-order valence-electron chi connectivity index (χ4n) is 3.84. The van der Waals surface area contributed by atoms with Crippen molar-refractivity contribution < 1.29 is 4.74 Å². The van der Waals surface area contributed by atoms with Crippen LogP contribution in [0.5, 0.6) is 5.75 Å². The summed E-state index contributed by atoms with van der Waals surface area (Å²) in [5, 5.41) is 13.6. The van der Waals surface area contributed by atoms with Gasteiger partial charge in [-0.25, -0.2) is 0 Å². The van der Waals surface area contributed by atoms with Gasteiger partial charge in [0.05, 0.1) is 16.8 Å². The minimum atomic E-state index is 0.0549. The highest BCUT2D eigenvalue weighted by atomic mass is 35.5. The Morgan fingerprint density at radius 3 is 2.76 bits per heavy atom. The number of nitrogens with zero attached hydrogens (tertiary/aromatic N) is 1. The third-order valence-electron chi connectivity index (χ3n) is 4.93. The summed E-state index contributed by atoms with van der Waals surface area (Å²) >= 11 is 12.7. The first-order valence-corrected chi connectivity index (χ1v) is 8.95. The van der Waals surface area contributed by atoms with E-state index < -0.39 is 0 Å². The van der Waals surface area contributed by atoms with E-state index in [2.05, 4.69) is 29.6 Å². The molecule has 0 radical (unpaired) electrons. The van der Waals surface area contributed by atoms with Crippen molar-refractivity contribution in [3.05, 3.63) is 69.7 Å². The van der Waals surface area contributed by atoms with Gasteiger partial charge in [0.1, 0.15) is 11.8 Å². The van der Waals surface area contributed by atoms with E-state index in [0.717, 1.165) is 12.1 Å². The summed E-state index contributed by atoms with van der Waals surface area (Å²) in [6.45, 7) is 0.0549. The number of anilines is 1. The largest absolute Gasteiger partial charge is 0.479 e. The second-order valence-electron chi connectivity index (χ2n) is 6.34. The number of ether oxygens (including phenoxy) is 1. The standard InChI is InChI=1S/C20H16Cl2N2O/c21-13-10-17-15-2-1-3-16(15)19(24-20(17)18(22)11-13)12-4-6-14(7-5-12)25-9-8-23/h1-2,4-7,10-11,15-16,19,24H,3,9H2/t15-,16-,19-/m0/s1. The molecule has 0 saturated carbocycles. The SMILES string of the molecule is N#CCOc1ccc([C@@H]2Nc3c(Cl)cc(Cl)cc3[C@H]3C=CC[C@@H]32)cc1. The van der Waals surface area contributed by atoms with Crippen LogP contribution in [-0.4, -0.2) is 6.61 Å². The summed E-state index contributed by atoms with van der Waals surface area (Å²) in [6.07, 6.45) is 5.51. The molecule has 3 nitrogen and oxygen atoms in total. The number of hydrogen-bond acceptors (Lipinski definition) is 3. The van der Waals surface area contributed by atoms with Gasteiger partial charge in [-0.05, 0) is 47.7 Å². The first kappa shape index (κ1) is 16.3. The Bertz CT molecular complexity index is 871. The molecule has 5 heteroatoms. The number of hydrogen-bond donors (Lipinski definition) is 1. The molecule has 2 aromatic rings. The van der Waals surface area contributed by atoms with Gasteiger partial charge in [-0.3, -0.25) is 0 Å². The Hall–Kier alpha value is -2.15. The molecule has 0 aromatic heterocycles. The van der Waals surface area contributed by atoms with Crippen molar-refractivity contribution >= 4 is 28.9 Å². The molecule has 4 rings (SSSR count). The highest BCUT2D eigenvalue weighted by Crippen LogP contribution is 2.52. The zero-order valence-electron chi connectivity index (χ0n) is 13.4. The van der Waals surface area contributed by atoms with Crippen LogP contribution in [0.1, 0.15) is 29.5 Å². The number of rotatable bonds is 3. The molecule has 25 heavy (non-hydrogen) atoms. The van der Waals surface area contributed by atoms with Crippen molar-refractivity contribution in [1.82, 2.24) is 0 Å². The molecule has 0 saturated heterocycles. The maximum atomic E-state index is 8.61. The van der Waals surface area contributed by atoms with Gasteiger partial charge in [-0.2, -0.15) is 5.26 Å². The molecule has 1 aliphatic carbocycles. The highest BCUT2D eigenvalue weighted by molar-refractivity contribution is 6.36. The van der Waals surface area contributed by atoms with Gasteiger partial charge >= 0.3 is 0 Å². The molecule has 1 heterocycles. The zero-order chi connectivity index (χ0) is 17.4.